The molecule has 1 atom stereocenters. The first kappa shape index (κ1) is 13.1. The van der Waals surface area contributed by atoms with E-state index in [1.54, 1.807) is 5.51 Å². The molecule has 0 saturated carbocycles. The minimum Gasteiger partial charge on any atom is -0.387 e. The molecule has 0 saturated heterocycles. The van der Waals surface area contributed by atoms with Gasteiger partial charge in [-0.15, -0.1) is 11.3 Å². The van der Waals surface area contributed by atoms with Crippen molar-refractivity contribution in [2.24, 2.45) is 0 Å². The standard InChI is InChI=1S/C12H12F2N2OS/c13-9-2-1-3-10(14)12(9)11(17)5-15-4-8-6-18-7-16-8/h1-3,6-7,11,15,17H,4-5H2. The number of rotatable bonds is 5. The fourth-order valence-corrected chi connectivity index (χ4v) is 2.15. The molecular formula is C12H12F2N2OS. The topological polar surface area (TPSA) is 45.1 Å². The Morgan fingerprint density at radius 1 is 1.33 bits per heavy atom. The maximum Gasteiger partial charge on any atom is 0.131 e. The van der Waals surface area contributed by atoms with Crippen LogP contribution in [0.5, 0.6) is 0 Å². The molecule has 96 valence electrons. The third-order valence-electron chi connectivity index (χ3n) is 2.46. The Labute approximate surface area is 107 Å². The first-order chi connectivity index (χ1) is 8.68. The fourth-order valence-electron chi connectivity index (χ4n) is 1.59. The van der Waals surface area contributed by atoms with Gasteiger partial charge in [0.25, 0.3) is 0 Å². The highest BCUT2D eigenvalue weighted by Gasteiger charge is 2.17. The van der Waals surface area contributed by atoms with Crippen molar-refractivity contribution in [2.45, 2.75) is 12.6 Å². The summed E-state index contributed by atoms with van der Waals surface area (Å²) in [6, 6.07) is 3.52. The van der Waals surface area contributed by atoms with Gasteiger partial charge in [0.2, 0.25) is 0 Å². The molecule has 1 unspecified atom stereocenters. The second kappa shape index (κ2) is 5.99. The number of hydrogen-bond acceptors (Lipinski definition) is 4. The van der Waals surface area contributed by atoms with Gasteiger partial charge in [0.1, 0.15) is 11.6 Å². The highest BCUT2D eigenvalue weighted by molar-refractivity contribution is 7.07. The first-order valence-corrected chi connectivity index (χ1v) is 6.32. The second-order valence-electron chi connectivity index (χ2n) is 3.76. The Balaban J connectivity index is 1.93. The van der Waals surface area contributed by atoms with Crippen molar-refractivity contribution >= 4 is 11.3 Å². The van der Waals surface area contributed by atoms with Crippen LogP contribution >= 0.6 is 11.3 Å². The van der Waals surface area contributed by atoms with Gasteiger partial charge in [-0.3, -0.25) is 0 Å². The van der Waals surface area contributed by atoms with Gasteiger partial charge in [-0.2, -0.15) is 0 Å². The van der Waals surface area contributed by atoms with Gasteiger partial charge < -0.3 is 10.4 Å². The summed E-state index contributed by atoms with van der Waals surface area (Å²) >= 11 is 1.47. The second-order valence-corrected chi connectivity index (χ2v) is 4.48. The molecule has 2 aromatic rings. The molecule has 18 heavy (non-hydrogen) atoms. The van der Waals surface area contributed by atoms with Crippen molar-refractivity contribution in [2.75, 3.05) is 6.54 Å². The third-order valence-corrected chi connectivity index (χ3v) is 3.10. The van der Waals surface area contributed by atoms with E-state index in [0.717, 1.165) is 17.8 Å². The van der Waals surface area contributed by atoms with Gasteiger partial charge in [0, 0.05) is 18.5 Å². The number of nitrogens with one attached hydrogen (secondary N) is 1. The van der Waals surface area contributed by atoms with E-state index >= 15 is 0 Å². The molecule has 0 bridgehead atoms. The van der Waals surface area contributed by atoms with Crippen molar-refractivity contribution in [1.82, 2.24) is 10.3 Å². The number of aliphatic hydroxyl groups excluding tert-OH is 1. The lowest BCUT2D eigenvalue weighted by atomic mass is 10.1. The number of hydrogen-bond donors (Lipinski definition) is 2. The highest BCUT2D eigenvalue weighted by Crippen LogP contribution is 2.19. The maximum absolute atomic E-state index is 13.4. The molecule has 2 N–H and O–H groups in total. The lowest BCUT2D eigenvalue weighted by Gasteiger charge is -2.13. The summed E-state index contributed by atoms with van der Waals surface area (Å²) in [7, 11) is 0. The van der Waals surface area contributed by atoms with Crippen LogP contribution in [-0.2, 0) is 6.54 Å². The number of halogens is 2. The van der Waals surface area contributed by atoms with Crippen LogP contribution in [0.4, 0.5) is 8.78 Å². The van der Waals surface area contributed by atoms with E-state index in [0.29, 0.717) is 6.54 Å². The van der Waals surface area contributed by atoms with E-state index in [-0.39, 0.29) is 12.1 Å². The van der Waals surface area contributed by atoms with Crippen LogP contribution in [0.25, 0.3) is 0 Å². The number of aliphatic hydroxyl groups is 1. The van der Waals surface area contributed by atoms with Crippen molar-refractivity contribution in [3.63, 3.8) is 0 Å². The minimum atomic E-state index is -1.22. The summed E-state index contributed by atoms with van der Waals surface area (Å²) in [4.78, 5) is 4.05. The van der Waals surface area contributed by atoms with E-state index in [2.05, 4.69) is 10.3 Å². The molecule has 0 aliphatic heterocycles. The molecule has 6 heteroatoms. The smallest absolute Gasteiger partial charge is 0.131 e. The molecule has 0 amide bonds. The van der Waals surface area contributed by atoms with Crippen LogP contribution in [-0.4, -0.2) is 16.6 Å². The zero-order valence-corrected chi connectivity index (χ0v) is 10.3. The fraction of sp³-hybridized carbons (Fsp3) is 0.250. The average Bonchev–Trinajstić information content (AvgIpc) is 2.82. The molecule has 2 rings (SSSR count). The van der Waals surface area contributed by atoms with E-state index < -0.39 is 17.7 Å². The minimum absolute atomic E-state index is 0.0649. The van der Waals surface area contributed by atoms with Crippen LogP contribution in [0.15, 0.2) is 29.1 Å². The van der Waals surface area contributed by atoms with Crippen molar-refractivity contribution in [3.8, 4) is 0 Å². The van der Waals surface area contributed by atoms with Gasteiger partial charge in [-0.05, 0) is 12.1 Å². The molecule has 0 spiro atoms. The van der Waals surface area contributed by atoms with E-state index in [1.165, 1.54) is 17.4 Å². The van der Waals surface area contributed by atoms with E-state index in [9.17, 15) is 13.9 Å². The number of benzene rings is 1. The predicted octanol–water partition coefficient (Wildman–Crippen LogP) is 2.24. The Bertz CT molecular complexity index is 485. The summed E-state index contributed by atoms with van der Waals surface area (Å²) in [5, 5.41) is 14.5. The van der Waals surface area contributed by atoms with Crippen molar-refractivity contribution in [3.05, 3.63) is 52.0 Å². The molecular weight excluding hydrogens is 258 g/mol. The predicted molar refractivity (Wildman–Crippen MR) is 65.1 cm³/mol. The zero-order valence-electron chi connectivity index (χ0n) is 9.44. The van der Waals surface area contributed by atoms with Gasteiger partial charge in [-0.25, -0.2) is 13.8 Å². The molecule has 0 radical (unpaired) electrons. The van der Waals surface area contributed by atoms with Crippen LogP contribution in [0.2, 0.25) is 0 Å². The first-order valence-electron chi connectivity index (χ1n) is 5.38. The summed E-state index contributed by atoms with van der Waals surface area (Å²) in [5.74, 6) is -1.48. The lowest BCUT2D eigenvalue weighted by molar-refractivity contribution is 0.164. The molecule has 3 nitrogen and oxygen atoms in total. The number of thiazole rings is 1. The molecule has 0 aliphatic rings. The average molecular weight is 270 g/mol. The normalized spacial score (nSPS) is 12.6. The van der Waals surface area contributed by atoms with Gasteiger partial charge in [0.15, 0.2) is 0 Å². The summed E-state index contributed by atoms with van der Waals surface area (Å²) in [6.45, 7) is 0.520. The molecule has 1 aromatic carbocycles. The lowest BCUT2D eigenvalue weighted by Crippen LogP contribution is -2.22. The maximum atomic E-state index is 13.4. The number of nitrogens with zero attached hydrogens (tertiary/aromatic N) is 1. The highest BCUT2D eigenvalue weighted by atomic mass is 32.1. The Kier molecular flexibility index (Phi) is 4.35. The molecule has 0 aliphatic carbocycles. The van der Waals surface area contributed by atoms with Crippen LogP contribution in [0, 0.1) is 11.6 Å². The SMILES string of the molecule is OC(CNCc1cscn1)c1c(F)cccc1F. The van der Waals surface area contributed by atoms with E-state index in [1.807, 2.05) is 5.38 Å². The Hall–Kier alpha value is -1.37. The quantitative estimate of drug-likeness (QED) is 0.876. The van der Waals surface area contributed by atoms with E-state index in [4.69, 9.17) is 0 Å². The Morgan fingerprint density at radius 2 is 2.06 bits per heavy atom. The largest absolute Gasteiger partial charge is 0.387 e. The molecule has 1 heterocycles. The summed E-state index contributed by atoms with van der Waals surface area (Å²) < 4.78 is 26.7. The zero-order chi connectivity index (χ0) is 13.0. The summed E-state index contributed by atoms with van der Waals surface area (Å²) in [6.07, 6.45) is -1.22. The van der Waals surface area contributed by atoms with Gasteiger partial charge in [0.05, 0.1) is 22.9 Å². The molecule has 1 aromatic heterocycles. The summed E-state index contributed by atoms with van der Waals surface area (Å²) in [5.41, 5.74) is 2.23. The van der Waals surface area contributed by atoms with Crippen LogP contribution < -0.4 is 5.32 Å². The van der Waals surface area contributed by atoms with Crippen molar-refractivity contribution < 1.29 is 13.9 Å². The van der Waals surface area contributed by atoms with Gasteiger partial charge >= 0.3 is 0 Å². The van der Waals surface area contributed by atoms with Crippen LogP contribution in [0.1, 0.15) is 17.4 Å². The van der Waals surface area contributed by atoms with Crippen molar-refractivity contribution in [1.29, 1.82) is 0 Å². The monoisotopic (exact) mass is 270 g/mol. The number of aromatic nitrogens is 1. The third kappa shape index (κ3) is 3.10. The van der Waals surface area contributed by atoms with Gasteiger partial charge in [-0.1, -0.05) is 6.07 Å². The molecule has 0 fully saturated rings. The Morgan fingerprint density at radius 3 is 2.67 bits per heavy atom. The van der Waals surface area contributed by atoms with Crippen LogP contribution in [0.3, 0.4) is 0 Å².